The van der Waals surface area contributed by atoms with E-state index in [0.717, 1.165) is 38.8 Å². The summed E-state index contributed by atoms with van der Waals surface area (Å²) in [5, 5.41) is 3.26. The van der Waals surface area contributed by atoms with Gasteiger partial charge in [-0.3, -0.25) is 4.79 Å². The van der Waals surface area contributed by atoms with Crippen LogP contribution in [-0.4, -0.2) is 25.2 Å². The minimum Gasteiger partial charge on any atom is -0.462 e. The Labute approximate surface area is 92.6 Å². The van der Waals surface area contributed by atoms with Gasteiger partial charge >= 0.3 is 5.97 Å². The van der Waals surface area contributed by atoms with E-state index < -0.39 is 0 Å². The summed E-state index contributed by atoms with van der Waals surface area (Å²) in [6, 6.07) is 0. The quantitative estimate of drug-likeness (QED) is 0.727. The summed E-state index contributed by atoms with van der Waals surface area (Å²) in [5.74, 6) is -0.0318. The van der Waals surface area contributed by atoms with Crippen molar-refractivity contribution in [2.75, 3.05) is 13.1 Å². The highest BCUT2D eigenvalue weighted by molar-refractivity contribution is 5.77. The average Bonchev–Trinajstić information content (AvgIpc) is 2.19. The maximum absolute atomic E-state index is 11.9. The fraction of sp³-hybridized carbons (Fsp3) is 0.917. The molecule has 2 atom stereocenters. The zero-order valence-electron chi connectivity index (χ0n) is 10.1. The number of piperidine rings is 1. The van der Waals surface area contributed by atoms with E-state index in [1.54, 1.807) is 0 Å². The lowest BCUT2D eigenvalue weighted by Crippen LogP contribution is -2.45. The lowest BCUT2D eigenvalue weighted by molar-refractivity contribution is -0.161. The van der Waals surface area contributed by atoms with Gasteiger partial charge in [0.15, 0.2) is 0 Å². The molecule has 0 aromatic rings. The molecule has 0 aromatic carbocycles. The van der Waals surface area contributed by atoms with Crippen LogP contribution in [0, 0.1) is 5.41 Å². The van der Waals surface area contributed by atoms with Gasteiger partial charge in [-0.2, -0.15) is 0 Å². The normalized spacial score (nSPS) is 28.5. The Morgan fingerprint density at radius 3 is 2.87 bits per heavy atom. The molecular weight excluding hydrogens is 190 g/mol. The molecule has 0 saturated carbocycles. The third-order valence-electron chi connectivity index (χ3n) is 3.09. The van der Waals surface area contributed by atoms with E-state index in [-0.39, 0.29) is 17.5 Å². The van der Waals surface area contributed by atoms with Crippen LogP contribution >= 0.6 is 0 Å². The predicted octanol–water partition coefficient (Wildman–Crippen LogP) is 2.11. The maximum atomic E-state index is 11.9. The zero-order chi connectivity index (χ0) is 11.3. The first-order chi connectivity index (χ1) is 7.08. The van der Waals surface area contributed by atoms with Crippen molar-refractivity contribution in [3.63, 3.8) is 0 Å². The SMILES string of the molecule is CCCC(C)OC(=O)C1(C)CCCNC1. The van der Waals surface area contributed by atoms with Gasteiger partial charge in [-0.1, -0.05) is 13.3 Å². The topological polar surface area (TPSA) is 38.3 Å². The van der Waals surface area contributed by atoms with Gasteiger partial charge < -0.3 is 10.1 Å². The first kappa shape index (κ1) is 12.5. The fourth-order valence-electron chi connectivity index (χ4n) is 2.02. The van der Waals surface area contributed by atoms with Crippen molar-refractivity contribution >= 4 is 5.97 Å². The molecule has 1 fully saturated rings. The minimum absolute atomic E-state index is 0.0318. The molecule has 0 bridgehead atoms. The standard InChI is InChI=1S/C12H23NO2/c1-4-6-10(2)15-11(14)12(3)7-5-8-13-9-12/h10,13H,4-9H2,1-3H3. The number of ether oxygens (including phenoxy) is 1. The van der Waals surface area contributed by atoms with Crippen molar-refractivity contribution in [1.29, 1.82) is 0 Å². The number of hydrogen-bond donors (Lipinski definition) is 1. The fourth-order valence-corrected chi connectivity index (χ4v) is 2.02. The van der Waals surface area contributed by atoms with Crippen LogP contribution in [0.2, 0.25) is 0 Å². The molecule has 1 N–H and O–H groups in total. The predicted molar refractivity (Wildman–Crippen MR) is 60.7 cm³/mol. The zero-order valence-corrected chi connectivity index (χ0v) is 10.1. The van der Waals surface area contributed by atoms with Crippen LogP contribution in [0.5, 0.6) is 0 Å². The first-order valence-corrected chi connectivity index (χ1v) is 6.00. The molecule has 0 spiro atoms. The van der Waals surface area contributed by atoms with Crippen LogP contribution in [-0.2, 0) is 9.53 Å². The van der Waals surface area contributed by atoms with E-state index in [0.29, 0.717) is 0 Å². The van der Waals surface area contributed by atoms with Crippen molar-refractivity contribution in [1.82, 2.24) is 5.32 Å². The molecule has 3 nitrogen and oxygen atoms in total. The number of esters is 1. The van der Waals surface area contributed by atoms with Crippen LogP contribution in [0.1, 0.15) is 46.5 Å². The average molecular weight is 213 g/mol. The van der Waals surface area contributed by atoms with Gasteiger partial charge in [0.1, 0.15) is 0 Å². The third-order valence-corrected chi connectivity index (χ3v) is 3.09. The lowest BCUT2D eigenvalue weighted by Gasteiger charge is -2.32. The molecule has 88 valence electrons. The minimum atomic E-state index is -0.305. The van der Waals surface area contributed by atoms with E-state index in [1.165, 1.54) is 0 Å². The second-order valence-electron chi connectivity index (χ2n) is 4.85. The Hall–Kier alpha value is -0.570. The second-order valence-corrected chi connectivity index (χ2v) is 4.85. The molecule has 0 radical (unpaired) electrons. The van der Waals surface area contributed by atoms with Gasteiger partial charge in [-0.15, -0.1) is 0 Å². The van der Waals surface area contributed by atoms with Crippen molar-refractivity contribution in [2.45, 2.75) is 52.6 Å². The lowest BCUT2D eigenvalue weighted by atomic mass is 9.83. The van der Waals surface area contributed by atoms with Gasteiger partial charge in [0, 0.05) is 6.54 Å². The molecular formula is C12H23NO2. The Balaban J connectivity index is 2.44. The molecule has 0 aliphatic carbocycles. The number of carbonyl (C=O) groups excluding carboxylic acids is 1. The summed E-state index contributed by atoms with van der Waals surface area (Å²) in [5.41, 5.74) is -0.305. The summed E-state index contributed by atoms with van der Waals surface area (Å²) >= 11 is 0. The molecule has 15 heavy (non-hydrogen) atoms. The van der Waals surface area contributed by atoms with E-state index in [4.69, 9.17) is 4.74 Å². The number of nitrogens with one attached hydrogen (secondary N) is 1. The third kappa shape index (κ3) is 3.49. The first-order valence-electron chi connectivity index (χ1n) is 6.00. The Kier molecular flexibility index (Phi) is 4.58. The van der Waals surface area contributed by atoms with Crippen molar-refractivity contribution < 1.29 is 9.53 Å². The van der Waals surface area contributed by atoms with Crippen LogP contribution in [0.15, 0.2) is 0 Å². The van der Waals surface area contributed by atoms with Crippen molar-refractivity contribution in [2.24, 2.45) is 5.41 Å². The Morgan fingerprint density at radius 1 is 1.60 bits per heavy atom. The maximum Gasteiger partial charge on any atom is 0.313 e. The number of hydrogen-bond acceptors (Lipinski definition) is 3. The summed E-state index contributed by atoms with van der Waals surface area (Å²) < 4.78 is 5.45. The highest BCUT2D eigenvalue weighted by Crippen LogP contribution is 2.27. The van der Waals surface area contributed by atoms with Gasteiger partial charge in [-0.05, 0) is 39.7 Å². The molecule has 3 heteroatoms. The molecule has 1 aliphatic heterocycles. The van der Waals surface area contributed by atoms with Gasteiger partial charge in [0.2, 0.25) is 0 Å². The van der Waals surface area contributed by atoms with Crippen LogP contribution < -0.4 is 5.32 Å². The smallest absolute Gasteiger partial charge is 0.313 e. The molecule has 1 saturated heterocycles. The highest BCUT2D eigenvalue weighted by atomic mass is 16.5. The number of carbonyl (C=O) groups is 1. The summed E-state index contributed by atoms with van der Waals surface area (Å²) in [7, 11) is 0. The molecule has 0 amide bonds. The molecule has 1 rings (SSSR count). The van der Waals surface area contributed by atoms with Crippen LogP contribution in [0.3, 0.4) is 0 Å². The monoisotopic (exact) mass is 213 g/mol. The number of rotatable bonds is 4. The molecule has 2 unspecified atom stereocenters. The van der Waals surface area contributed by atoms with E-state index in [2.05, 4.69) is 12.2 Å². The van der Waals surface area contributed by atoms with Crippen molar-refractivity contribution in [3.05, 3.63) is 0 Å². The highest BCUT2D eigenvalue weighted by Gasteiger charge is 2.36. The molecule has 0 aromatic heterocycles. The second kappa shape index (κ2) is 5.50. The summed E-state index contributed by atoms with van der Waals surface area (Å²) in [6.45, 7) is 7.85. The van der Waals surface area contributed by atoms with Crippen molar-refractivity contribution in [3.8, 4) is 0 Å². The summed E-state index contributed by atoms with van der Waals surface area (Å²) in [6.07, 6.45) is 4.07. The van der Waals surface area contributed by atoms with E-state index >= 15 is 0 Å². The largest absolute Gasteiger partial charge is 0.462 e. The van der Waals surface area contributed by atoms with Gasteiger partial charge in [0.25, 0.3) is 0 Å². The van der Waals surface area contributed by atoms with E-state index in [1.807, 2.05) is 13.8 Å². The van der Waals surface area contributed by atoms with Gasteiger partial charge in [0.05, 0.1) is 11.5 Å². The Morgan fingerprint density at radius 2 is 2.33 bits per heavy atom. The van der Waals surface area contributed by atoms with E-state index in [9.17, 15) is 4.79 Å². The Bertz CT molecular complexity index is 210. The van der Waals surface area contributed by atoms with Crippen LogP contribution in [0.25, 0.3) is 0 Å². The summed E-state index contributed by atoms with van der Waals surface area (Å²) in [4.78, 5) is 11.9. The van der Waals surface area contributed by atoms with Gasteiger partial charge in [-0.25, -0.2) is 0 Å². The molecule has 1 heterocycles. The van der Waals surface area contributed by atoms with Crippen LogP contribution in [0.4, 0.5) is 0 Å². The molecule has 1 aliphatic rings.